The van der Waals surface area contributed by atoms with Gasteiger partial charge in [0.1, 0.15) is 5.82 Å². The summed E-state index contributed by atoms with van der Waals surface area (Å²) in [5, 5.41) is 9.85. The average molecular weight is 401 g/mol. The Morgan fingerprint density at radius 3 is 2.66 bits per heavy atom. The number of phenols is 1. The summed E-state index contributed by atoms with van der Waals surface area (Å²) in [6.45, 7) is 7.61. The van der Waals surface area contributed by atoms with Gasteiger partial charge in [-0.05, 0) is 87.6 Å². The normalized spacial score (nSPS) is 15.7. The van der Waals surface area contributed by atoms with Crippen molar-refractivity contribution in [1.82, 2.24) is 9.80 Å². The predicted octanol–water partition coefficient (Wildman–Crippen LogP) is 4.32. The van der Waals surface area contributed by atoms with Crippen LogP contribution in [0.15, 0.2) is 42.5 Å². The van der Waals surface area contributed by atoms with Gasteiger partial charge in [0.2, 0.25) is 0 Å². The zero-order valence-corrected chi connectivity index (χ0v) is 17.6. The van der Waals surface area contributed by atoms with Gasteiger partial charge in [-0.1, -0.05) is 18.2 Å². The van der Waals surface area contributed by atoms with Crippen molar-refractivity contribution < 1.29 is 14.2 Å². The molecule has 4 nitrogen and oxygen atoms in total. The number of ether oxygens (including phenoxy) is 1. The molecule has 0 atom stereocenters. The van der Waals surface area contributed by atoms with Gasteiger partial charge in [0, 0.05) is 19.6 Å². The Hall–Kier alpha value is -2.11. The topological polar surface area (TPSA) is 35.9 Å². The maximum atomic E-state index is 13.3. The van der Waals surface area contributed by atoms with Crippen molar-refractivity contribution in [1.29, 1.82) is 0 Å². The van der Waals surface area contributed by atoms with Crippen LogP contribution in [-0.2, 0) is 13.0 Å². The molecule has 1 saturated heterocycles. The highest BCUT2D eigenvalue weighted by molar-refractivity contribution is 5.41. The minimum Gasteiger partial charge on any atom is -0.504 e. The summed E-state index contributed by atoms with van der Waals surface area (Å²) in [6, 6.07) is 12.5. The van der Waals surface area contributed by atoms with Gasteiger partial charge in [-0.25, -0.2) is 4.39 Å². The molecule has 5 heteroatoms. The van der Waals surface area contributed by atoms with Gasteiger partial charge in [0.15, 0.2) is 11.5 Å². The quantitative estimate of drug-likeness (QED) is 0.680. The van der Waals surface area contributed by atoms with E-state index >= 15 is 0 Å². The summed E-state index contributed by atoms with van der Waals surface area (Å²) in [6.07, 6.45) is 3.31. The first kappa shape index (κ1) is 21.6. The average Bonchev–Trinajstić information content (AvgIpc) is 2.70. The first-order valence-corrected chi connectivity index (χ1v) is 10.6. The van der Waals surface area contributed by atoms with Gasteiger partial charge in [-0.2, -0.15) is 0 Å². The predicted molar refractivity (Wildman–Crippen MR) is 115 cm³/mol. The molecular weight excluding hydrogens is 367 g/mol. The van der Waals surface area contributed by atoms with Crippen molar-refractivity contribution in [2.75, 3.05) is 39.8 Å². The molecule has 0 amide bonds. The SMILES string of the molecule is CCOc1cc(CN(C)CC2CCN(CCc3cccc(F)c3)CC2)ccc1O. The lowest BCUT2D eigenvalue weighted by Crippen LogP contribution is -2.38. The number of piperidine rings is 1. The molecule has 0 saturated carbocycles. The number of hydrogen-bond acceptors (Lipinski definition) is 4. The van der Waals surface area contributed by atoms with Crippen LogP contribution in [0, 0.1) is 11.7 Å². The molecule has 1 heterocycles. The van der Waals surface area contributed by atoms with Crippen molar-refractivity contribution in [3.05, 3.63) is 59.4 Å². The lowest BCUT2D eigenvalue weighted by molar-refractivity contribution is 0.153. The zero-order valence-electron chi connectivity index (χ0n) is 17.6. The summed E-state index contributed by atoms with van der Waals surface area (Å²) >= 11 is 0. The van der Waals surface area contributed by atoms with E-state index in [0.29, 0.717) is 18.3 Å². The summed E-state index contributed by atoms with van der Waals surface area (Å²) in [7, 11) is 2.16. The molecule has 158 valence electrons. The van der Waals surface area contributed by atoms with Crippen LogP contribution >= 0.6 is 0 Å². The lowest BCUT2D eigenvalue weighted by atomic mass is 9.95. The molecule has 0 radical (unpaired) electrons. The first-order chi connectivity index (χ1) is 14.0. The number of hydrogen-bond donors (Lipinski definition) is 1. The van der Waals surface area contributed by atoms with E-state index in [1.165, 1.54) is 18.9 Å². The maximum absolute atomic E-state index is 13.3. The molecule has 0 spiro atoms. The number of likely N-dealkylation sites (tertiary alicyclic amines) is 1. The van der Waals surface area contributed by atoms with E-state index in [2.05, 4.69) is 16.8 Å². The number of rotatable bonds is 9. The van der Waals surface area contributed by atoms with E-state index in [9.17, 15) is 9.50 Å². The van der Waals surface area contributed by atoms with Gasteiger partial charge < -0.3 is 19.6 Å². The fourth-order valence-electron chi connectivity index (χ4n) is 4.12. The van der Waals surface area contributed by atoms with E-state index in [1.54, 1.807) is 18.2 Å². The van der Waals surface area contributed by atoms with E-state index in [0.717, 1.165) is 50.3 Å². The van der Waals surface area contributed by atoms with E-state index in [-0.39, 0.29) is 11.6 Å². The lowest BCUT2D eigenvalue weighted by Gasteiger charge is -2.34. The fraction of sp³-hybridized carbons (Fsp3) is 0.500. The smallest absolute Gasteiger partial charge is 0.161 e. The van der Waals surface area contributed by atoms with Crippen LogP contribution < -0.4 is 4.74 Å². The Labute approximate surface area is 173 Å². The van der Waals surface area contributed by atoms with Crippen LogP contribution in [0.2, 0.25) is 0 Å². The second-order valence-electron chi connectivity index (χ2n) is 8.10. The van der Waals surface area contributed by atoms with Crippen molar-refractivity contribution >= 4 is 0 Å². The van der Waals surface area contributed by atoms with E-state index in [4.69, 9.17) is 4.74 Å². The molecule has 0 unspecified atom stereocenters. The Bertz CT molecular complexity index is 775. The van der Waals surface area contributed by atoms with Gasteiger partial charge in [0.05, 0.1) is 6.61 Å². The van der Waals surface area contributed by atoms with Crippen molar-refractivity contribution in [3.8, 4) is 11.5 Å². The second kappa shape index (κ2) is 10.6. The molecule has 1 N–H and O–H groups in total. The van der Waals surface area contributed by atoms with Gasteiger partial charge in [-0.3, -0.25) is 0 Å². The Morgan fingerprint density at radius 2 is 1.93 bits per heavy atom. The standard InChI is InChI=1S/C24H33FN2O2/c1-3-29-24-16-21(7-8-23(24)28)18-26(2)17-20-10-13-27(14-11-20)12-9-19-5-4-6-22(25)15-19/h4-8,15-16,20,28H,3,9-14,17-18H2,1-2H3. The fourth-order valence-corrected chi connectivity index (χ4v) is 4.12. The summed E-state index contributed by atoms with van der Waals surface area (Å²) in [5.41, 5.74) is 2.23. The van der Waals surface area contributed by atoms with Crippen LogP contribution in [0.25, 0.3) is 0 Å². The van der Waals surface area contributed by atoms with Crippen LogP contribution in [-0.4, -0.2) is 54.7 Å². The Balaban J connectivity index is 1.40. The van der Waals surface area contributed by atoms with Crippen LogP contribution in [0.4, 0.5) is 4.39 Å². The van der Waals surface area contributed by atoms with E-state index < -0.39 is 0 Å². The number of phenolic OH excluding ortho intramolecular Hbond substituents is 1. The van der Waals surface area contributed by atoms with Gasteiger partial charge >= 0.3 is 0 Å². The minimum absolute atomic E-state index is 0.147. The highest BCUT2D eigenvalue weighted by atomic mass is 19.1. The molecule has 2 aromatic rings. The van der Waals surface area contributed by atoms with Crippen molar-refractivity contribution in [3.63, 3.8) is 0 Å². The molecule has 3 rings (SSSR count). The highest BCUT2D eigenvalue weighted by Gasteiger charge is 2.20. The Morgan fingerprint density at radius 1 is 1.14 bits per heavy atom. The molecule has 1 aliphatic heterocycles. The van der Waals surface area contributed by atoms with Gasteiger partial charge in [-0.15, -0.1) is 0 Å². The molecule has 0 aromatic heterocycles. The second-order valence-corrected chi connectivity index (χ2v) is 8.10. The molecule has 0 aliphatic carbocycles. The van der Waals surface area contributed by atoms with Crippen LogP contribution in [0.3, 0.4) is 0 Å². The molecule has 1 aliphatic rings. The van der Waals surface area contributed by atoms with Crippen LogP contribution in [0.1, 0.15) is 30.9 Å². The van der Waals surface area contributed by atoms with Gasteiger partial charge in [0.25, 0.3) is 0 Å². The Kier molecular flexibility index (Phi) is 7.90. The number of aromatic hydroxyl groups is 1. The first-order valence-electron chi connectivity index (χ1n) is 10.6. The zero-order chi connectivity index (χ0) is 20.6. The summed E-state index contributed by atoms with van der Waals surface area (Å²) in [5.74, 6) is 1.31. The van der Waals surface area contributed by atoms with Crippen molar-refractivity contribution in [2.45, 2.75) is 32.7 Å². The third-order valence-electron chi connectivity index (χ3n) is 5.66. The summed E-state index contributed by atoms with van der Waals surface area (Å²) < 4.78 is 18.8. The number of nitrogens with zero attached hydrogens (tertiary/aromatic N) is 2. The van der Waals surface area contributed by atoms with Crippen molar-refractivity contribution in [2.24, 2.45) is 5.92 Å². The highest BCUT2D eigenvalue weighted by Crippen LogP contribution is 2.27. The molecule has 0 bridgehead atoms. The molecule has 2 aromatic carbocycles. The van der Waals surface area contributed by atoms with Crippen LogP contribution in [0.5, 0.6) is 11.5 Å². The summed E-state index contributed by atoms with van der Waals surface area (Å²) in [4.78, 5) is 4.85. The molecule has 1 fully saturated rings. The third kappa shape index (κ3) is 6.72. The maximum Gasteiger partial charge on any atom is 0.161 e. The molecule has 29 heavy (non-hydrogen) atoms. The number of halogens is 1. The number of benzene rings is 2. The monoisotopic (exact) mass is 400 g/mol. The third-order valence-corrected chi connectivity index (χ3v) is 5.66. The minimum atomic E-state index is -0.147. The largest absolute Gasteiger partial charge is 0.504 e. The van der Waals surface area contributed by atoms with E-state index in [1.807, 2.05) is 25.1 Å². The molecular formula is C24H33FN2O2.